The van der Waals surface area contributed by atoms with E-state index in [-0.39, 0.29) is 23.5 Å². The molecule has 7 heteroatoms. The summed E-state index contributed by atoms with van der Waals surface area (Å²) < 4.78 is 32.6. The summed E-state index contributed by atoms with van der Waals surface area (Å²) in [6.07, 6.45) is 5.10. The summed E-state index contributed by atoms with van der Waals surface area (Å²) in [6, 6.07) is 6.12. The van der Waals surface area contributed by atoms with E-state index in [9.17, 15) is 13.2 Å². The third kappa shape index (κ3) is 4.71. The molecular weight excluding hydrogens is 304 g/mol. The summed E-state index contributed by atoms with van der Waals surface area (Å²) in [5.41, 5.74) is 0. The number of benzene rings is 1. The van der Waals surface area contributed by atoms with Gasteiger partial charge in [-0.05, 0) is 37.1 Å². The first-order chi connectivity index (χ1) is 10.5. The molecule has 1 amide bonds. The zero-order chi connectivity index (χ0) is 16.0. The minimum Gasteiger partial charge on any atom is -0.484 e. The number of nitrogens with one attached hydrogen (secondary N) is 2. The number of hydrogen-bond donors (Lipinski definition) is 2. The van der Waals surface area contributed by atoms with Gasteiger partial charge in [0.15, 0.2) is 6.61 Å². The topological polar surface area (TPSA) is 84.5 Å². The Morgan fingerprint density at radius 1 is 1.18 bits per heavy atom. The SMILES string of the molecule is CNC(=O)COc1ccc(S(=O)(=O)NC2CCCCC2)cc1. The van der Waals surface area contributed by atoms with E-state index in [0.29, 0.717) is 5.75 Å². The zero-order valence-electron chi connectivity index (χ0n) is 12.7. The largest absolute Gasteiger partial charge is 0.484 e. The highest BCUT2D eigenvalue weighted by molar-refractivity contribution is 7.89. The lowest BCUT2D eigenvalue weighted by molar-refractivity contribution is -0.122. The average molecular weight is 326 g/mol. The Kier molecular flexibility index (Phi) is 5.79. The van der Waals surface area contributed by atoms with Crippen LogP contribution in [0.1, 0.15) is 32.1 Å². The highest BCUT2D eigenvalue weighted by Gasteiger charge is 2.21. The second kappa shape index (κ2) is 7.60. The van der Waals surface area contributed by atoms with Crippen molar-refractivity contribution in [3.63, 3.8) is 0 Å². The van der Waals surface area contributed by atoms with Crippen molar-refractivity contribution in [1.29, 1.82) is 0 Å². The molecule has 1 saturated carbocycles. The molecule has 1 aromatic carbocycles. The number of likely N-dealkylation sites (N-methyl/N-ethyl adjacent to an activating group) is 1. The van der Waals surface area contributed by atoms with Gasteiger partial charge in [0.1, 0.15) is 5.75 Å². The first kappa shape index (κ1) is 16.8. The van der Waals surface area contributed by atoms with Gasteiger partial charge in [0.25, 0.3) is 5.91 Å². The van der Waals surface area contributed by atoms with E-state index in [4.69, 9.17) is 4.74 Å². The quantitative estimate of drug-likeness (QED) is 0.828. The monoisotopic (exact) mass is 326 g/mol. The lowest BCUT2D eigenvalue weighted by Crippen LogP contribution is -2.36. The Morgan fingerprint density at radius 2 is 1.82 bits per heavy atom. The Bertz CT molecular complexity index is 592. The molecule has 0 aliphatic heterocycles. The van der Waals surface area contributed by atoms with Crippen molar-refractivity contribution in [2.24, 2.45) is 0 Å². The van der Waals surface area contributed by atoms with Gasteiger partial charge in [-0.2, -0.15) is 0 Å². The molecule has 122 valence electrons. The van der Waals surface area contributed by atoms with Crippen LogP contribution < -0.4 is 14.8 Å². The van der Waals surface area contributed by atoms with Crippen LogP contribution in [0.5, 0.6) is 5.75 Å². The van der Waals surface area contributed by atoms with Crippen molar-refractivity contribution in [2.75, 3.05) is 13.7 Å². The molecular formula is C15H22N2O4S. The normalized spacial score (nSPS) is 16.2. The maximum Gasteiger partial charge on any atom is 0.257 e. The third-order valence-electron chi connectivity index (χ3n) is 3.71. The molecule has 6 nitrogen and oxygen atoms in total. The summed E-state index contributed by atoms with van der Waals surface area (Å²) in [5, 5.41) is 2.45. The van der Waals surface area contributed by atoms with Gasteiger partial charge in [0, 0.05) is 13.1 Å². The Balaban J connectivity index is 1.97. The van der Waals surface area contributed by atoms with E-state index in [1.54, 1.807) is 12.1 Å². The standard InChI is InChI=1S/C15H22N2O4S/c1-16-15(18)11-21-13-7-9-14(10-8-13)22(19,20)17-12-5-3-2-4-6-12/h7-10,12,17H,2-6,11H2,1H3,(H,16,18). The van der Waals surface area contributed by atoms with E-state index in [1.165, 1.54) is 25.6 Å². The summed E-state index contributed by atoms with van der Waals surface area (Å²) >= 11 is 0. The maximum atomic E-state index is 12.3. The van der Waals surface area contributed by atoms with Crippen LogP contribution in [-0.2, 0) is 14.8 Å². The number of amides is 1. The number of carbonyl (C=O) groups excluding carboxylic acids is 1. The maximum absolute atomic E-state index is 12.3. The predicted octanol–water partition coefficient (Wildman–Crippen LogP) is 1.42. The summed E-state index contributed by atoms with van der Waals surface area (Å²) in [6.45, 7) is -0.0943. The third-order valence-corrected chi connectivity index (χ3v) is 5.25. The van der Waals surface area contributed by atoms with Gasteiger partial charge in [0.2, 0.25) is 10.0 Å². The highest BCUT2D eigenvalue weighted by atomic mass is 32.2. The molecule has 0 unspecified atom stereocenters. The van der Waals surface area contributed by atoms with Crippen molar-refractivity contribution in [3.05, 3.63) is 24.3 Å². The summed E-state index contributed by atoms with van der Waals surface area (Å²) in [7, 11) is -1.97. The number of carbonyl (C=O) groups is 1. The fourth-order valence-corrected chi connectivity index (χ4v) is 3.75. The molecule has 0 saturated heterocycles. The van der Waals surface area contributed by atoms with Crippen molar-refractivity contribution in [2.45, 2.75) is 43.0 Å². The molecule has 0 aromatic heterocycles. The molecule has 1 aliphatic carbocycles. The summed E-state index contributed by atoms with van der Waals surface area (Å²) in [5.74, 6) is 0.218. The van der Waals surface area contributed by atoms with E-state index in [1.807, 2.05) is 0 Å². The molecule has 0 atom stereocenters. The predicted molar refractivity (Wildman–Crippen MR) is 83.2 cm³/mol. The molecule has 0 bridgehead atoms. The van der Waals surface area contributed by atoms with Crippen LogP contribution in [0.3, 0.4) is 0 Å². The van der Waals surface area contributed by atoms with Gasteiger partial charge < -0.3 is 10.1 Å². The van der Waals surface area contributed by atoms with Gasteiger partial charge >= 0.3 is 0 Å². The number of sulfonamides is 1. The molecule has 1 aliphatic rings. The number of hydrogen-bond acceptors (Lipinski definition) is 4. The number of ether oxygens (including phenoxy) is 1. The summed E-state index contributed by atoms with van der Waals surface area (Å²) in [4.78, 5) is 11.3. The highest BCUT2D eigenvalue weighted by Crippen LogP contribution is 2.21. The van der Waals surface area contributed by atoms with Crippen molar-refractivity contribution < 1.29 is 17.9 Å². The molecule has 1 fully saturated rings. The van der Waals surface area contributed by atoms with Crippen LogP contribution >= 0.6 is 0 Å². The lowest BCUT2D eigenvalue weighted by atomic mass is 9.96. The van der Waals surface area contributed by atoms with Crippen molar-refractivity contribution in [3.8, 4) is 5.75 Å². The van der Waals surface area contributed by atoms with Gasteiger partial charge in [-0.3, -0.25) is 4.79 Å². The minimum atomic E-state index is -3.50. The first-order valence-electron chi connectivity index (χ1n) is 7.47. The first-order valence-corrected chi connectivity index (χ1v) is 8.95. The molecule has 0 heterocycles. The molecule has 0 radical (unpaired) electrons. The van der Waals surface area contributed by atoms with Crippen LogP contribution in [0.4, 0.5) is 0 Å². The smallest absolute Gasteiger partial charge is 0.257 e. The molecule has 1 aromatic rings. The van der Waals surface area contributed by atoms with Gasteiger partial charge in [-0.15, -0.1) is 0 Å². The lowest BCUT2D eigenvalue weighted by Gasteiger charge is -2.22. The minimum absolute atomic E-state index is 0.0305. The fourth-order valence-electron chi connectivity index (χ4n) is 2.44. The van der Waals surface area contributed by atoms with Crippen LogP contribution in [0.15, 0.2) is 29.2 Å². The fraction of sp³-hybridized carbons (Fsp3) is 0.533. The Labute approximate surface area is 131 Å². The van der Waals surface area contributed by atoms with Crippen molar-refractivity contribution in [1.82, 2.24) is 10.0 Å². The van der Waals surface area contributed by atoms with Gasteiger partial charge in [0.05, 0.1) is 4.90 Å². The van der Waals surface area contributed by atoms with Crippen LogP contribution in [0.2, 0.25) is 0 Å². The number of rotatable bonds is 6. The van der Waals surface area contributed by atoms with Crippen LogP contribution in [0, 0.1) is 0 Å². The van der Waals surface area contributed by atoms with Crippen molar-refractivity contribution >= 4 is 15.9 Å². The van der Waals surface area contributed by atoms with E-state index < -0.39 is 10.0 Å². The average Bonchev–Trinajstić information content (AvgIpc) is 2.53. The Hall–Kier alpha value is -1.60. The molecule has 2 rings (SSSR count). The van der Waals surface area contributed by atoms with E-state index >= 15 is 0 Å². The van der Waals surface area contributed by atoms with E-state index in [2.05, 4.69) is 10.0 Å². The molecule has 0 spiro atoms. The van der Waals surface area contributed by atoms with Gasteiger partial charge in [-0.25, -0.2) is 13.1 Å². The second-order valence-corrected chi connectivity index (χ2v) is 7.10. The molecule has 22 heavy (non-hydrogen) atoms. The van der Waals surface area contributed by atoms with Crippen LogP contribution in [-0.4, -0.2) is 34.0 Å². The van der Waals surface area contributed by atoms with Crippen LogP contribution in [0.25, 0.3) is 0 Å². The second-order valence-electron chi connectivity index (χ2n) is 5.39. The van der Waals surface area contributed by atoms with E-state index in [0.717, 1.165) is 25.7 Å². The Morgan fingerprint density at radius 3 is 2.41 bits per heavy atom. The zero-order valence-corrected chi connectivity index (χ0v) is 13.5. The van der Waals surface area contributed by atoms with Gasteiger partial charge in [-0.1, -0.05) is 19.3 Å². The molecule has 2 N–H and O–H groups in total.